The molecule has 0 radical (unpaired) electrons. The Balaban J connectivity index is 1.51. The molecule has 0 aliphatic rings. The van der Waals surface area contributed by atoms with Crippen LogP contribution in [0.3, 0.4) is 0 Å². The molecule has 1 aromatic carbocycles. The Hall–Kier alpha value is -5.01. The van der Waals surface area contributed by atoms with Crippen LogP contribution in [0.15, 0.2) is 66.7 Å². The second-order valence-electron chi connectivity index (χ2n) is 10.3. The minimum atomic E-state index is -0.855. The number of fused-ring (bicyclic) bond motifs is 1. The van der Waals surface area contributed by atoms with Crippen LogP contribution in [0.25, 0.3) is 32.6 Å². The van der Waals surface area contributed by atoms with Crippen LogP contribution >= 0.6 is 11.3 Å². The molecule has 0 atom stereocenters. The molecule has 4 aromatic heterocycles. The fourth-order valence-electron chi connectivity index (χ4n) is 4.14. The summed E-state index contributed by atoms with van der Waals surface area (Å²) in [5.41, 5.74) is 7.83. The maximum atomic E-state index is 13.4. The van der Waals surface area contributed by atoms with E-state index < -0.39 is 23.3 Å². The number of aliphatic hydroxyl groups is 1. The number of anilines is 1. The zero-order chi connectivity index (χ0) is 29.9. The lowest BCUT2D eigenvalue weighted by Crippen LogP contribution is -2.33. The van der Waals surface area contributed by atoms with E-state index in [0.717, 1.165) is 10.9 Å². The smallest absolute Gasteiger partial charge is 0.275 e. The molecule has 0 aliphatic carbocycles. The number of benzene rings is 1. The fourth-order valence-corrected chi connectivity index (χ4v) is 4.95. The van der Waals surface area contributed by atoms with E-state index in [1.165, 1.54) is 17.5 Å². The fraction of sp³-hybridized carbons (Fsp3) is 0.207. The highest BCUT2D eigenvalue weighted by Crippen LogP contribution is 2.33. The number of amides is 3. The summed E-state index contributed by atoms with van der Waals surface area (Å²) in [6, 6.07) is 8.85. The van der Waals surface area contributed by atoms with Crippen LogP contribution in [0.4, 0.5) is 5.69 Å². The number of nitrogens with two attached hydrogens (primary N) is 1. The van der Waals surface area contributed by atoms with Gasteiger partial charge >= 0.3 is 0 Å². The van der Waals surface area contributed by atoms with E-state index in [0.29, 0.717) is 40.3 Å². The third kappa shape index (κ3) is 6.82. The molecule has 12 nitrogen and oxygen atoms in total. The number of hydrogen-bond donors (Lipinski definition) is 4. The van der Waals surface area contributed by atoms with Crippen molar-refractivity contribution in [2.24, 2.45) is 5.73 Å². The van der Waals surface area contributed by atoms with Gasteiger partial charge in [-0.3, -0.25) is 29.0 Å². The number of nitrogens with zero attached hydrogens (tertiary/aromatic N) is 5. The molecule has 0 bridgehead atoms. The highest BCUT2D eigenvalue weighted by Gasteiger charge is 2.19. The van der Waals surface area contributed by atoms with Gasteiger partial charge in [-0.1, -0.05) is 0 Å². The minimum absolute atomic E-state index is 0.211. The summed E-state index contributed by atoms with van der Waals surface area (Å²) in [6.45, 7) is 3.65. The van der Waals surface area contributed by atoms with Crippen molar-refractivity contribution in [1.29, 1.82) is 0 Å². The molecular formula is C29H28N8O4S. The molecule has 5 N–H and O–H groups in total. The van der Waals surface area contributed by atoms with Crippen molar-refractivity contribution < 1.29 is 19.5 Å². The number of thiazole rings is 1. The topological polar surface area (TPSA) is 178 Å². The second kappa shape index (κ2) is 11.8. The van der Waals surface area contributed by atoms with Gasteiger partial charge in [-0.25, -0.2) is 4.98 Å². The number of carbonyl (C=O) groups excluding carboxylic acids is 3. The number of carbonyl (C=O) groups is 3. The summed E-state index contributed by atoms with van der Waals surface area (Å²) in [7, 11) is 0. The maximum absolute atomic E-state index is 13.4. The second-order valence-corrected chi connectivity index (χ2v) is 11.1. The number of hydrogen-bond acceptors (Lipinski definition) is 9. The van der Waals surface area contributed by atoms with Crippen molar-refractivity contribution in [3.05, 3.63) is 78.0 Å². The molecule has 0 unspecified atom stereocenters. The van der Waals surface area contributed by atoms with Crippen molar-refractivity contribution >= 4 is 45.6 Å². The van der Waals surface area contributed by atoms with E-state index in [9.17, 15) is 19.5 Å². The third-order valence-corrected chi connectivity index (χ3v) is 7.18. The summed E-state index contributed by atoms with van der Waals surface area (Å²) in [5.74, 6) is -1.60. The van der Waals surface area contributed by atoms with E-state index >= 15 is 0 Å². The summed E-state index contributed by atoms with van der Waals surface area (Å²) in [5, 5.41) is 23.3. The average molecular weight is 585 g/mol. The Labute approximate surface area is 244 Å². The Morgan fingerprint density at radius 3 is 2.57 bits per heavy atom. The first kappa shape index (κ1) is 28.5. The molecule has 5 aromatic rings. The molecular weight excluding hydrogens is 556 g/mol. The third-order valence-electron chi connectivity index (χ3n) is 6.29. The van der Waals surface area contributed by atoms with Gasteiger partial charge in [-0.05, 0) is 50.6 Å². The van der Waals surface area contributed by atoms with Crippen molar-refractivity contribution in [2.45, 2.75) is 32.4 Å². The highest BCUT2D eigenvalue weighted by atomic mass is 32.1. The van der Waals surface area contributed by atoms with Crippen molar-refractivity contribution in [3.8, 4) is 21.7 Å². The molecule has 0 spiro atoms. The highest BCUT2D eigenvalue weighted by molar-refractivity contribution is 7.13. The van der Waals surface area contributed by atoms with Crippen LogP contribution < -0.4 is 16.4 Å². The molecule has 42 heavy (non-hydrogen) atoms. The lowest BCUT2D eigenvalue weighted by Gasteiger charge is -2.16. The number of primary amides is 1. The average Bonchev–Trinajstić information content (AvgIpc) is 3.62. The first-order chi connectivity index (χ1) is 20.1. The first-order valence-electron chi connectivity index (χ1n) is 13.0. The molecule has 0 aliphatic heterocycles. The van der Waals surface area contributed by atoms with E-state index in [1.54, 1.807) is 60.7 Å². The Morgan fingerprint density at radius 1 is 1.05 bits per heavy atom. The molecule has 0 fully saturated rings. The van der Waals surface area contributed by atoms with Crippen LogP contribution in [-0.4, -0.2) is 59.7 Å². The predicted octanol–water partition coefficient (Wildman–Crippen LogP) is 3.25. The minimum Gasteiger partial charge on any atom is -0.390 e. The largest absolute Gasteiger partial charge is 0.390 e. The quantitative estimate of drug-likeness (QED) is 0.193. The van der Waals surface area contributed by atoms with Gasteiger partial charge < -0.3 is 21.5 Å². The standard InChI is InChI=1S/C29H28N8O4S/c1-29(2,41)5-8-37-15-20-10-23(34-27(40)24-16-42-28(35-24)17-3-6-31-7-4-17)21(11-22(20)36-37)18-9-19(13-32-12-18)26(39)33-14-25(30)38/h3-4,6-7,9-13,15-16,41H,5,8,14H2,1-2H3,(H2,30,38)(H,33,39)(H,34,40). The van der Waals surface area contributed by atoms with Gasteiger partial charge in [0, 0.05) is 70.7 Å². The zero-order valence-electron chi connectivity index (χ0n) is 22.9. The van der Waals surface area contributed by atoms with Crippen LogP contribution in [0.2, 0.25) is 0 Å². The molecule has 214 valence electrons. The van der Waals surface area contributed by atoms with Crippen molar-refractivity contribution in [2.75, 3.05) is 11.9 Å². The number of pyridine rings is 2. The van der Waals surface area contributed by atoms with E-state index in [-0.39, 0.29) is 17.8 Å². The molecule has 5 rings (SSSR count). The lowest BCUT2D eigenvalue weighted by molar-refractivity contribution is -0.117. The van der Waals surface area contributed by atoms with E-state index in [4.69, 9.17) is 5.73 Å². The summed E-state index contributed by atoms with van der Waals surface area (Å²) < 4.78 is 1.74. The molecule has 0 saturated carbocycles. The maximum Gasteiger partial charge on any atom is 0.275 e. The number of aryl methyl sites for hydroxylation is 1. The van der Waals surface area contributed by atoms with Gasteiger partial charge in [0.1, 0.15) is 10.7 Å². The molecule has 13 heteroatoms. The monoisotopic (exact) mass is 584 g/mol. The van der Waals surface area contributed by atoms with Crippen LogP contribution in [0, 0.1) is 0 Å². The molecule has 3 amide bonds. The van der Waals surface area contributed by atoms with E-state index in [1.807, 2.05) is 18.3 Å². The Bertz CT molecular complexity index is 1780. The van der Waals surface area contributed by atoms with Gasteiger partial charge in [0.05, 0.1) is 23.2 Å². The Morgan fingerprint density at radius 2 is 1.83 bits per heavy atom. The summed E-state index contributed by atoms with van der Waals surface area (Å²) >= 11 is 1.35. The van der Waals surface area contributed by atoms with Gasteiger partial charge in [0.15, 0.2) is 0 Å². The van der Waals surface area contributed by atoms with Crippen molar-refractivity contribution in [3.63, 3.8) is 0 Å². The van der Waals surface area contributed by atoms with Gasteiger partial charge in [0.2, 0.25) is 5.91 Å². The first-order valence-corrected chi connectivity index (χ1v) is 13.9. The van der Waals surface area contributed by atoms with Gasteiger partial charge in [-0.2, -0.15) is 5.10 Å². The lowest BCUT2D eigenvalue weighted by atomic mass is 10.0. The van der Waals surface area contributed by atoms with Gasteiger partial charge in [0.25, 0.3) is 11.8 Å². The Kier molecular flexibility index (Phi) is 8.04. The SMILES string of the molecule is CC(C)(O)CCn1cc2cc(NC(=O)c3csc(-c4ccncc4)n3)c(-c3cncc(C(=O)NCC(N)=O)c3)cc2n1. The summed E-state index contributed by atoms with van der Waals surface area (Å²) in [4.78, 5) is 49.8. The summed E-state index contributed by atoms with van der Waals surface area (Å²) in [6.07, 6.45) is 8.60. The van der Waals surface area contributed by atoms with Crippen molar-refractivity contribution in [1.82, 2.24) is 30.0 Å². The zero-order valence-corrected chi connectivity index (χ0v) is 23.7. The number of aromatic nitrogens is 5. The normalized spacial score (nSPS) is 11.4. The predicted molar refractivity (Wildman–Crippen MR) is 159 cm³/mol. The molecule has 4 heterocycles. The van der Waals surface area contributed by atoms with Crippen LogP contribution in [0.5, 0.6) is 0 Å². The number of rotatable bonds is 10. The van der Waals surface area contributed by atoms with Gasteiger partial charge in [-0.15, -0.1) is 11.3 Å². The van der Waals surface area contributed by atoms with E-state index in [2.05, 4.69) is 30.7 Å². The number of nitrogens with one attached hydrogen (secondary N) is 2. The van der Waals surface area contributed by atoms with Crippen LogP contribution in [-0.2, 0) is 11.3 Å². The molecule has 0 saturated heterocycles. The van der Waals surface area contributed by atoms with Crippen LogP contribution in [0.1, 0.15) is 41.1 Å².